The van der Waals surface area contributed by atoms with E-state index in [1.807, 2.05) is 25.2 Å². The number of hydrogen-bond acceptors (Lipinski definition) is 5. The van der Waals surface area contributed by atoms with Gasteiger partial charge in [0.1, 0.15) is 17.7 Å². The number of rotatable bonds is 3. The molecule has 2 aromatic heterocycles. The molecule has 1 N–H and O–H groups in total. The molecule has 112 valence electrons. The van der Waals surface area contributed by atoms with Gasteiger partial charge in [0, 0.05) is 25.7 Å². The van der Waals surface area contributed by atoms with Crippen molar-refractivity contribution in [3.05, 3.63) is 30.0 Å². The molecule has 0 amide bonds. The zero-order chi connectivity index (χ0) is 15.1. The number of nitrogens with zero attached hydrogens (tertiary/aromatic N) is 5. The summed E-state index contributed by atoms with van der Waals surface area (Å²) in [5, 5.41) is 16.7. The van der Waals surface area contributed by atoms with Crippen LogP contribution in [0.3, 0.4) is 0 Å². The molecule has 1 aliphatic carbocycles. The van der Waals surface area contributed by atoms with E-state index in [1.54, 1.807) is 10.9 Å². The predicted molar refractivity (Wildman–Crippen MR) is 83.9 cm³/mol. The van der Waals surface area contributed by atoms with Crippen molar-refractivity contribution >= 4 is 17.5 Å². The molecule has 2 fully saturated rings. The van der Waals surface area contributed by atoms with Crippen LogP contribution in [0.4, 0.5) is 17.5 Å². The number of pyridine rings is 1. The lowest BCUT2D eigenvalue weighted by Gasteiger charge is -2.28. The van der Waals surface area contributed by atoms with Crippen molar-refractivity contribution in [3.8, 4) is 6.07 Å². The summed E-state index contributed by atoms with van der Waals surface area (Å²) in [5.74, 6) is 3.21. The highest BCUT2D eigenvalue weighted by Gasteiger charge is 2.38. The summed E-state index contributed by atoms with van der Waals surface area (Å²) >= 11 is 0. The molecule has 2 bridgehead atoms. The van der Waals surface area contributed by atoms with E-state index in [0.717, 1.165) is 24.1 Å². The van der Waals surface area contributed by atoms with Crippen LogP contribution in [0.25, 0.3) is 0 Å². The molecule has 2 aromatic rings. The zero-order valence-corrected chi connectivity index (χ0v) is 12.5. The number of nitrogens with one attached hydrogen (secondary N) is 1. The van der Waals surface area contributed by atoms with Gasteiger partial charge in [0.2, 0.25) is 0 Å². The van der Waals surface area contributed by atoms with E-state index in [9.17, 15) is 5.26 Å². The van der Waals surface area contributed by atoms with E-state index >= 15 is 0 Å². The van der Waals surface area contributed by atoms with Gasteiger partial charge in [-0.2, -0.15) is 10.4 Å². The van der Waals surface area contributed by atoms with Gasteiger partial charge in [0.15, 0.2) is 5.82 Å². The van der Waals surface area contributed by atoms with Gasteiger partial charge >= 0.3 is 0 Å². The molecule has 0 aromatic carbocycles. The highest BCUT2D eigenvalue weighted by molar-refractivity contribution is 5.63. The number of hydrogen-bond donors (Lipinski definition) is 1. The van der Waals surface area contributed by atoms with Crippen LogP contribution >= 0.6 is 0 Å². The van der Waals surface area contributed by atoms with Crippen molar-refractivity contribution < 1.29 is 0 Å². The predicted octanol–water partition coefficient (Wildman–Crippen LogP) is 2.42. The van der Waals surface area contributed by atoms with Crippen LogP contribution < -0.4 is 10.2 Å². The fraction of sp³-hybridized carbons (Fsp3) is 0.438. The second kappa shape index (κ2) is 5.02. The number of fused-ring (bicyclic) bond motifs is 2. The van der Waals surface area contributed by atoms with Gasteiger partial charge in [-0.1, -0.05) is 0 Å². The molecule has 2 atom stereocenters. The maximum atomic E-state index is 9.31. The first kappa shape index (κ1) is 13.1. The second-order valence-electron chi connectivity index (χ2n) is 6.13. The fourth-order valence-electron chi connectivity index (χ4n) is 3.62. The Labute approximate surface area is 129 Å². The fourth-order valence-corrected chi connectivity index (χ4v) is 3.62. The van der Waals surface area contributed by atoms with Gasteiger partial charge in [-0.3, -0.25) is 4.68 Å². The Morgan fingerprint density at radius 1 is 1.32 bits per heavy atom. The Morgan fingerprint density at radius 3 is 2.86 bits per heavy atom. The minimum absolute atomic E-state index is 0.550. The summed E-state index contributed by atoms with van der Waals surface area (Å²) in [7, 11) is 1.86. The molecule has 0 unspecified atom stereocenters. The van der Waals surface area contributed by atoms with Crippen molar-refractivity contribution in [3.63, 3.8) is 0 Å². The van der Waals surface area contributed by atoms with Gasteiger partial charge in [-0.15, -0.1) is 0 Å². The summed E-state index contributed by atoms with van der Waals surface area (Å²) in [4.78, 5) is 7.10. The normalized spacial score (nSPS) is 22.8. The minimum Gasteiger partial charge on any atom is -0.353 e. The minimum atomic E-state index is 0.550. The third-order valence-corrected chi connectivity index (χ3v) is 4.77. The van der Waals surface area contributed by atoms with Gasteiger partial charge in [0.25, 0.3) is 0 Å². The molecule has 6 heteroatoms. The summed E-state index contributed by atoms with van der Waals surface area (Å²) in [6.07, 6.45) is 5.61. The molecule has 4 rings (SSSR count). The Kier molecular flexibility index (Phi) is 3.00. The highest BCUT2D eigenvalue weighted by Crippen LogP contribution is 2.40. The molecule has 1 saturated heterocycles. The van der Waals surface area contributed by atoms with E-state index in [2.05, 4.69) is 21.4 Å². The average Bonchev–Trinajstić information content (AvgIpc) is 3.25. The SMILES string of the molecule is Cn1nccc1Nc1nc(N2C[C@H]3CC[C@@H]2C3)ccc1C#N. The molecule has 2 aliphatic rings. The van der Waals surface area contributed by atoms with Crippen LogP contribution in [0.5, 0.6) is 0 Å². The topological polar surface area (TPSA) is 69.8 Å². The Hall–Kier alpha value is -2.55. The molecule has 1 saturated carbocycles. The van der Waals surface area contributed by atoms with Gasteiger partial charge in [-0.05, 0) is 37.3 Å². The summed E-state index contributed by atoms with van der Waals surface area (Å²) in [6, 6.07) is 8.51. The summed E-state index contributed by atoms with van der Waals surface area (Å²) in [5.41, 5.74) is 0.550. The number of aromatic nitrogens is 3. The first-order chi connectivity index (χ1) is 10.7. The summed E-state index contributed by atoms with van der Waals surface area (Å²) in [6.45, 7) is 1.09. The summed E-state index contributed by atoms with van der Waals surface area (Å²) < 4.78 is 1.73. The molecule has 0 radical (unpaired) electrons. The number of anilines is 3. The van der Waals surface area contributed by atoms with Crippen molar-refractivity contribution in [2.24, 2.45) is 13.0 Å². The van der Waals surface area contributed by atoms with Gasteiger partial charge in [0.05, 0.1) is 11.8 Å². The highest BCUT2D eigenvalue weighted by atomic mass is 15.3. The molecule has 0 spiro atoms. The number of nitriles is 1. The van der Waals surface area contributed by atoms with E-state index in [4.69, 9.17) is 4.98 Å². The van der Waals surface area contributed by atoms with Crippen molar-refractivity contribution in [1.82, 2.24) is 14.8 Å². The van der Waals surface area contributed by atoms with E-state index in [0.29, 0.717) is 17.4 Å². The molecule has 3 heterocycles. The third-order valence-electron chi connectivity index (χ3n) is 4.77. The molecule has 22 heavy (non-hydrogen) atoms. The van der Waals surface area contributed by atoms with Crippen LogP contribution in [-0.4, -0.2) is 27.4 Å². The Balaban J connectivity index is 1.66. The maximum absolute atomic E-state index is 9.31. The van der Waals surface area contributed by atoms with Crippen molar-refractivity contribution in [2.75, 3.05) is 16.8 Å². The smallest absolute Gasteiger partial charge is 0.151 e. The number of piperidine rings is 1. The van der Waals surface area contributed by atoms with Gasteiger partial charge in [-0.25, -0.2) is 4.98 Å². The first-order valence-corrected chi connectivity index (χ1v) is 7.67. The lowest BCUT2D eigenvalue weighted by Crippen LogP contribution is -2.32. The van der Waals surface area contributed by atoms with Crippen LogP contribution in [0.1, 0.15) is 24.8 Å². The van der Waals surface area contributed by atoms with Crippen molar-refractivity contribution in [2.45, 2.75) is 25.3 Å². The van der Waals surface area contributed by atoms with E-state index in [-0.39, 0.29) is 0 Å². The Bertz CT molecular complexity index is 743. The molecular weight excluding hydrogens is 276 g/mol. The second-order valence-corrected chi connectivity index (χ2v) is 6.13. The lowest BCUT2D eigenvalue weighted by atomic mass is 10.1. The molecule has 6 nitrogen and oxygen atoms in total. The first-order valence-electron chi connectivity index (χ1n) is 7.67. The van der Waals surface area contributed by atoms with E-state index in [1.165, 1.54) is 19.3 Å². The van der Waals surface area contributed by atoms with Crippen LogP contribution in [-0.2, 0) is 7.05 Å². The molecular formula is C16H18N6. The maximum Gasteiger partial charge on any atom is 0.151 e. The third kappa shape index (κ3) is 2.10. The number of aryl methyl sites for hydroxylation is 1. The Morgan fingerprint density at radius 2 is 2.23 bits per heavy atom. The quantitative estimate of drug-likeness (QED) is 0.941. The standard InChI is InChI=1S/C16H18N6/c1-21-14(6-7-18-21)19-16-12(9-17)3-5-15(20-16)22-10-11-2-4-13(22)8-11/h3,5-7,11,13H,2,4,8,10H2,1H3,(H,19,20)/t11-,13+/m0/s1. The van der Waals surface area contributed by atoms with Gasteiger partial charge < -0.3 is 10.2 Å². The monoisotopic (exact) mass is 294 g/mol. The van der Waals surface area contributed by atoms with Crippen LogP contribution in [0, 0.1) is 17.2 Å². The zero-order valence-electron chi connectivity index (χ0n) is 12.5. The van der Waals surface area contributed by atoms with Crippen molar-refractivity contribution in [1.29, 1.82) is 5.26 Å². The lowest BCUT2D eigenvalue weighted by molar-refractivity contribution is 0.550. The largest absolute Gasteiger partial charge is 0.353 e. The van der Waals surface area contributed by atoms with Crippen LogP contribution in [0.15, 0.2) is 24.4 Å². The van der Waals surface area contributed by atoms with E-state index < -0.39 is 0 Å². The average molecular weight is 294 g/mol. The van der Waals surface area contributed by atoms with Crippen LogP contribution in [0.2, 0.25) is 0 Å². The molecule has 1 aliphatic heterocycles.